The fourth-order valence-corrected chi connectivity index (χ4v) is 4.31. The van der Waals surface area contributed by atoms with E-state index in [2.05, 4.69) is 17.5 Å². The predicted molar refractivity (Wildman–Crippen MR) is 91.1 cm³/mol. The Bertz CT molecular complexity index is 597. The monoisotopic (exact) mass is 333 g/mol. The minimum Gasteiger partial charge on any atom is -0.378 e. The van der Waals surface area contributed by atoms with Gasteiger partial charge in [-0.3, -0.25) is 4.79 Å². The van der Waals surface area contributed by atoms with Gasteiger partial charge in [0, 0.05) is 16.4 Å². The van der Waals surface area contributed by atoms with Crippen molar-refractivity contribution >= 4 is 28.6 Å². The summed E-state index contributed by atoms with van der Waals surface area (Å²) in [7, 11) is 0. The van der Waals surface area contributed by atoms with E-state index >= 15 is 0 Å². The molecule has 0 aliphatic heterocycles. The maximum absolute atomic E-state index is 12.3. The van der Waals surface area contributed by atoms with Crippen molar-refractivity contribution in [3.63, 3.8) is 0 Å². The molecular formula is C17H19NO2S2. The van der Waals surface area contributed by atoms with Crippen molar-refractivity contribution in [2.24, 2.45) is 5.92 Å². The molecule has 1 amide bonds. The van der Waals surface area contributed by atoms with Gasteiger partial charge in [-0.05, 0) is 47.5 Å². The summed E-state index contributed by atoms with van der Waals surface area (Å²) in [6, 6.07) is 5.75. The molecule has 1 aliphatic rings. The molecule has 5 heteroatoms. The SMILES string of the molecule is O=C(NCC(O)(c1ccsc1)c1cccs1)C1CC=CCC1. The van der Waals surface area contributed by atoms with Crippen LogP contribution in [-0.4, -0.2) is 17.6 Å². The lowest BCUT2D eigenvalue weighted by Crippen LogP contribution is -2.43. The van der Waals surface area contributed by atoms with Crippen LogP contribution in [0.4, 0.5) is 0 Å². The van der Waals surface area contributed by atoms with Gasteiger partial charge in [0.15, 0.2) is 0 Å². The van der Waals surface area contributed by atoms with E-state index in [0.717, 1.165) is 29.7 Å². The first-order valence-corrected chi connectivity index (χ1v) is 9.24. The molecule has 2 N–H and O–H groups in total. The van der Waals surface area contributed by atoms with Crippen LogP contribution in [0.1, 0.15) is 29.7 Å². The standard InChI is InChI=1S/C17H19NO2S2/c19-16(13-5-2-1-3-6-13)18-12-17(20,14-8-10-21-11-14)15-7-4-9-22-15/h1-2,4,7-11,13,20H,3,5-6,12H2,(H,18,19). The number of allylic oxidation sites excluding steroid dienone is 2. The van der Waals surface area contributed by atoms with Crippen LogP contribution in [0.2, 0.25) is 0 Å². The fraction of sp³-hybridized carbons (Fsp3) is 0.353. The Labute approximate surface area is 138 Å². The van der Waals surface area contributed by atoms with Crippen molar-refractivity contribution in [1.82, 2.24) is 5.32 Å². The van der Waals surface area contributed by atoms with Gasteiger partial charge in [-0.1, -0.05) is 18.2 Å². The van der Waals surface area contributed by atoms with Gasteiger partial charge in [0.1, 0.15) is 5.60 Å². The highest BCUT2D eigenvalue weighted by molar-refractivity contribution is 7.10. The number of hydrogen-bond donors (Lipinski definition) is 2. The average Bonchev–Trinajstić information content (AvgIpc) is 3.26. The maximum atomic E-state index is 12.3. The highest BCUT2D eigenvalue weighted by atomic mass is 32.1. The third-order valence-corrected chi connectivity index (χ3v) is 5.79. The quantitative estimate of drug-likeness (QED) is 0.823. The molecule has 2 atom stereocenters. The Hall–Kier alpha value is -1.43. The van der Waals surface area contributed by atoms with E-state index in [0.29, 0.717) is 0 Å². The molecule has 0 spiro atoms. The third-order valence-electron chi connectivity index (χ3n) is 4.09. The average molecular weight is 333 g/mol. The zero-order valence-corrected chi connectivity index (χ0v) is 13.8. The topological polar surface area (TPSA) is 49.3 Å². The molecule has 0 aromatic carbocycles. The molecule has 0 saturated heterocycles. The summed E-state index contributed by atoms with van der Waals surface area (Å²) < 4.78 is 0. The molecule has 0 bridgehead atoms. The summed E-state index contributed by atoms with van der Waals surface area (Å²) in [6.07, 6.45) is 6.83. The predicted octanol–water partition coefficient (Wildman–Crippen LogP) is 3.52. The van der Waals surface area contributed by atoms with Gasteiger partial charge in [0.25, 0.3) is 0 Å². The van der Waals surface area contributed by atoms with Crippen molar-refractivity contribution in [3.05, 3.63) is 56.9 Å². The molecule has 116 valence electrons. The van der Waals surface area contributed by atoms with Gasteiger partial charge in [0.2, 0.25) is 5.91 Å². The fourth-order valence-electron chi connectivity index (χ4n) is 2.74. The van der Waals surface area contributed by atoms with E-state index in [4.69, 9.17) is 0 Å². The summed E-state index contributed by atoms with van der Waals surface area (Å²) >= 11 is 3.06. The van der Waals surface area contributed by atoms with Crippen molar-refractivity contribution in [2.75, 3.05) is 6.54 Å². The summed E-state index contributed by atoms with van der Waals surface area (Å²) in [5.41, 5.74) is -0.308. The van der Waals surface area contributed by atoms with Crippen LogP contribution >= 0.6 is 22.7 Å². The number of aliphatic hydroxyl groups is 1. The minimum atomic E-state index is -1.14. The molecule has 2 aromatic rings. The summed E-state index contributed by atoms with van der Waals surface area (Å²) in [5.74, 6) is 0.0645. The maximum Gasteiger partial charge on any atom is 0.223 e. The van der Waals surface area contributed by atoms with Crippen molar-refractivity contribution in [3.8, 4) is 0 Å². The first-order chi connectivity index (χ1) is 10.7. The first-order valence-electron chi connectivity index (χ1n) is 7.42. The first kappa shape index (κ1) is 15.5. The molecule has 0 saturated carbocycles. The Morgan fingerprint density at radius 1 is 1.36 bits per heavy atom. The largest absolute Gasteiger partial charge is 0.378 e. The number of thiophene rings is 2. The van der Waals surface area contributed by atoms with Gasteiger partial charge in [-0.25, -0.2) is 0 Å². The van der Waals surface area contributed by atoms with Crippen LogP contribution in [0.5, 0.6) is 0 Å². The number of nitrogens with one attached hydrogen (secondary N) is 1. The molecule has 2 aromatic heterocycles. The van der Waals surface area contributed by atoms with Gasteiger partial charge in [0.05, 0.1) is 6.54 Å². The normalized spacial score (nSPS) is 20.5. The zero-order valence-electron chi connectivity index (χ0n) is 12.2. The molecule has 1 aliphatic carbocycles. The van der Waals surface area contributed by atoms with Crippen molar-refractivity contribution in [1.29, 1.82) is 0 Å². The van der Waals surface area contributed by atoms with E-state index in [1.165, 1.54) is 11.3 Å². The smallest absolute Gasteiger partial charge is 0.223 e. The molecule has 2 heterocycles. The zero-order chi connectivity index (χ0) is 15.4. The van der Waals surface area contributed by atoms with E-state index < -0.39 is 5.60 Å². The molecule has 0 radical (unpaired) electrons. The highest BCUT2D eigenvalue weighted by Gasteiger charge is 2.34. The second-order valence-electron chi connectivity index (χ2n) is 5.55. The Morgan fingerprint density at radius 2 is 2.27 bits per heavy atom. The van der Waals surface area contributed by atoms with Crippen LogP contribution < -0.4 is 5.32 Å². The van der Waals surface area contributed by atoms with Crippen molar-refractivity contribution in [2.45, 2.75) is 24.9 Å². The third kappa shape index (κ3) is 3.16. The minimum absolute atomic E-state index is 0.0278. The van der Waals surface area contributed by atoms with Crippen LogP contribution in [0.3, 0.4) is 0 Å². The van der Waals surface area contributed by atoms with E-state index in [1.54, 1.807) is 11.3 Å². The van der Waals surface area contributed by atoms with Crippen molar-refractivity contribution < 1.29 is 9.90 Å². The summed E-state index contributed by atoms with van der Waals surface area (Å²) in [6.45, 7) is 0.212. The lowest BCUT2D eigenvalue weighted by atomic mass is 9.91. The second kappa shape index (κ2) is 6.77. The molecule has 3 rings (SSSR count). The molecule has 2 unspecified atom stereocenters. The lowest BCUT2D eigenvalue weighted by Gasteiger charge is -2.28. The number of carbonyl (C=O) groups is 1. The van der Waals surface area contributed by atoms with E-state index in [9.17, 15) is 9.90 Å². The van der Waals surface area contributed by atoms with Gasteiger partial charge in [-0.2, -0.15) is 11.3 Å². The highest BCUT2D eigenvalue weighted by Crippen LogP contribution is 2.33. The summed E-state index contributed by atoms with van der Waals surface area (Å²) in [4.78, 5) is 13.2. The molecule has 3 nitrogen and oxygen atoms in total. The Morgan fingerprint density at radius 3 is 2.91 bits per heavy atom. The van der Waals surface area contributed by atoms with Crippen LogP contribution in [0.25, 0.3) is 0 Å². The van der Waals surface area contributed by atoms with Gasteiger partial charge in [-0.15, -0.1) is 11.3 Å². The molecule has 22 heavy (non-hydrogen) atoms. The second-order valence-corrected chi connectivity index (χ2v) is 7.28. The number of hydrogen-bond acceptors (Lipinski definition) is 4. The number of carbonyl (C=O) groups excluding carboxylic acids is 1. The van der Waals surface area contributed by atoms with E-state index in [1.807, 2.05) is 34.3 Å². The summed E-state index contributed by atoms with van der Waals surface area (Å²) in [5, 5.41) is 20.0. The molecule has 0 fully saturated rings. The Kier molecular flexibility index (Phi) is 4.76. The van der Waals surface area contributed by atoms with Crippen LogP contribution in [0, 0.1) is 5.92 Å². The van der Waals surface area contributed by atoms with Gasteiger partial charge < -0.3 is 10.4 Å². The number of amides is 1. The number of rotatable bonds is 5. The lowest BCUT2D eigenvalue weighted by molar-refractivity contribution is -0.126. The Balaban J connectivity index is 1.74. The van der Waals surface area contributed by atoms with Crippen LogP contribution in [0.15, 0.2) is 46.5 Å². The van der Waals surface area contributed by atoms with Gasteiger partial charge >= 0.3 is 0 Å². The van der Waals surface area contributed by atoms with E-state index in [-0.39, 0.29) is 18.4 Å². The molecular weight excluding hydrogens is 314 g/mol. The van der Waals surface area contributed by atoms with Crippen LogP contribution in [-0.2, 0) is 10.4 Å².